The molecule has 34 heavy (non-hydrogen) atoms. The van der Waals surface area contributed by atoms with E-state index in [2.05, 4.69) is 0 Å². The lowest BCUT2D eigenvalue weighted by atomic mass is 9.93. The molecule has 1 unspecified atom stereocenters. The minimum Gasteiger partial charge on any atom is -0.506 e. The maximum atomic E-state index is 13.3. The highest BCUT2D eigenvalue weighted by atomic mass is 16.5. The van der Waals surface area contributed by atoms with Crippen LogP contribution in [0.25, 0.3) is 5.76 Å². The van der Waals surface area contributed by atoms with Gasteiger partial charge < -0.3 is 33.9 Å². The van der Waals surface area contributed by atoms with Crippen LogP contribution in [0.3, 0.4) is 0 Å². The average molecular weight is 471 g/mol. The van der Waals surface area contributed by atoms with Crippen molar-refractivity contribution in [2.24, 2.45) is 0 Å². The molecule has 0 spiro atoms. The van der Waals surface area contributed by atoms with Crippen LogP contribution < -0.4 is 18.9 Å². The van der Waals surface area contributed by atoms with Gasteiger partial charge in [0.05, 0.1) is 40.1 Å². The van der Waals surface area contributed by atoms with Gasteiger partial charge in [-0.15, -0.1) is 0 Å². The summed E-state index contributed by atoms with van der Waals surface area (Å²) in [6.45, 7) is 0.760. The number of para-hydroxylation sites is 1. The van der Waals surface area contributed by atoms with Gasteiger partial charge >= 0.3 is 0 Å². The third-order valence-electron chi connectivity index (χ3n) is 5.72. The number of Topliss-reactive ketones (excluding diaryl/α,β-unsaturated/α-hetero) is 1. The molecule has 0 aliphatic carbocycles. The van der Waals surface area contributed by atoms with E-state index in [1.807, 2.05) is 19.0 Å². The number of ether oxygens (including phenoxy) is 4. The smallest absolute Gasteiger partial charge is 0.295 e. The SMILES string of the molecule is COc1cccc(C2/C(=C(\O)c3c(OC)cccc3OC)C(=O)C(=O)N2CCN(C)C)c1OC. The fourth-order valence-electron chi connectivity index (χ4n) is 4.09. The zero-order valence-corrected chi connectivity index (χ0v) is 20.2. The summed E-state index contributed by atoms with van der Waals surface area (Å²) < 4.78 is 21.9. The molecule has 1 N–H and O–H groups in total. The summed E-state index contributed by atoms with van der Waals surface area (Å²) in [7, 11) is 9.63. The summed E-state index contributed by atoms with van der Waals surface area (Å²) in [5.41, 5.74) is 0.610. The van der Waals surface area contributed by atoms with E-state index in [1.165, 1.54) is 33.3 Å². The Morgan fingerprint density at radius 3 is 2.00 bits per heavy atom. The Kier molecular flexibility index (Phi) is 7.68. The number of ketones is 1. The van der Waals surface area contributed by atoms with Gasteiger partial charge in [-0.1, -0.05) is 18.2 Å². The summed E-state index contributed by atoms with van der Waals surface area (Å²) in [5.74, 6) is -0.515. The van der Waals surface area contributed by atoms with Crippen LogP contribution in [0.1, 0.15) is 17.2 Å². The van der Waals surface area contributed by atoms with Crippen molar-refractivity contribution in [3.8, 4) is 23.0 Å². The van der Waals surface area contributed by atoms with Crippen molar-refractivity contribution < 1.29 is 33.6 Å². The molecule has 9 nitrogen and oxygen atoms in total. The highest BCUT2D eigenvalue weighted by Crippen LogP contribution is 2.47. The molecule has 1 aliphatic heterocycles. The number of aliphatic hydroxyl groups excluding tert-OH is 1. The van der Waals surface area contributed by atoms with Crippen LogP contribution >= 0.6 is 0 Å². The second-order valence-electron chi connectivity index (χ2n) is 7.92. The van der Waals surface area contributed by atoms with Gasteiger partial charge in [-0.25, -0.2) is 0 Å². The van der Waals surface area contributed by atoms with Crippen molar-refractivity contribution in [3.63, 3.8) is 0 Å². The zero-order valence-electron chi connectivity index (χ0n) is 20.2. The molecule has 182 valence electrons. The first-order valence-electron chi connectivity index (χ1n) is 10.7. The molecule has 1 fully saturated rings. The third kappa shape index (κ3) is 4.38. The van der Waals surface area contributed by atoms with E-state index in [1.54, 1.807) is 36.4 Å². The van der Waals surface area contributed by atoms with E-state index < -0.39 is 23.5 Å². The summed E-state index contributed by atoms with van der Waals surface area (Å²) in [5, 5.41) is 11.5. The predicted octanol–water partition coefficient (Wildman–Crippen LogP) is 2.70. The molecule has 1 heterocycles. The van der Waals surface area contributed by atoms with Gasteiger partial charge in [-0.05, 0) is 32.3 Å². The van der Waals surface area contributed by atoms with Crippen LogP contribution in [0.4, 0.5) is 0 Å². The third-order valence-corrected chi connectivity index (χ3v) is 5.72. The summed E-state index contributed by atoms with van der Waals surface area (Å²) in [6, 6.07) is 9.27. The van der Waals surface area contributed by atoms with Crippen molar-refractivity contribution in [1.82, 2.24) is 9.80 Å². The van der Waals surface area contributed by atoms with E-state index in [-0.39, 0.29) is 17.7 Å². The standard InChI is InChI=1S/C25H30N2O7/c1-26(2)13-14-27-21(15-9-7-12-18(33-5)24(15)34-6)20(23(29)25(27)30)22(28)19-16(31-3)10-8-11-17(19)32-4/h7-12,21,28H,13-14H2,1-6H3/b22-20+. The average Bonchev–Trinajstić information content (AvgIpc) is 3.10. The predicted molar refractivity (Wildman–Crippen MR) is 127 cm³/mol. The molecule has 9 heteroatoms. The van der Waals surface area contributed by atoms with Crippen molar-refractivity contribution in [2.45, 2.75) is 6.04 Å². The monoisotopic (exact) mass is 470 g/mol. The Bertz CT molecular complexity index is 1090. The highest BCUT2D eigenvalue weighted by Gasteiger charge is 2.47. The number of carbonyl (C=O) groups excluding carboxylic acids is 2. The fraction of sp³-hybridized carbons (Fsp3) is 0.360. The lowest BCUT2D eigenvalue weighted by Crippen LogP contribution is -2.35. The van der Waals surface area contributed by atoms with Crippen molar-refractivity contribution in [2.75, 3.05) is 55.6 Å². The maximum Gasteiger partial charge on any atom is 0.295 e. The van der Waals surface area contributed by atoms with E-state index in [0.29, 0.717) is 35.1 Å². The lowest BCUT2D eigenvalue weighted by Gasteiger charge is -2.28. The number of hydrogen-bond donors (Lipinski definition) is 1. The Labute approximate surface area is 199 Å². The van der Waals surface area contributed by atoms with Crippen LogP contribution in [0.2, 0.25) is 0 Å². The van der Waals surface area contributed by atoms with Gasteiger partial charge in [0.1, 0.15) is 22.8 Å². The number of aliphatic hydroxyl groups is 1. The molecule has 1 aliphatic rings. The molecule has 1 saturated heterocycles. The number of nitrogens with zero attached hydrogens (tertiary/aromatic N) is 2. The number of likely N-dealkylation sites (N-methyl/N-ethyl adjacent to an activating group) is 1. The molecule has 0 aromatic heterocycles. The van der Waals surface area contributed by atoms with Gasteiger partial charge in [0, 0.05) is 18.7 Å². The molecular formula is C25H30N2O7. The van der Waals surface area contributed by atoms with Crippen LogP contribution in [0.15, 0.2) is 42.0 Å². The zero-order chi connectivity index (χ0) is 25.0. The molecule has 0 radical (unpaired) electrons. The number of methoxy groups -OCH3 is 4. The first-order valence-corrected chi connectivity index (χ1v) is 10.7. The molecule has 2 aromatic carbocycles. The number of rotatable bonds is 9. The molecular weight excluding hydrogens is 440 g/mol. The van der Waals surface area contributed by atoms with Crippen LogP contribution in [0.5, 0.6) is 23.0 Å². The number of likely N-dealkylation sites (tertiary alicyclic amines) is 1. The number of benzene rings is 2. The Morgan fingerprint density at radius 2 is 1.47 bits per heavy atom. The number of amides is 1. The highest BCUT2D eigenvalue weighted by molar-refractivity contribution is 6.46. The topological polar surface area (TPSA) is 97.8 Å². The minimum atomic E-state index is -0.917. The summed E-state index contributed by atoms with van der Waals surface area (Å²) in [6.07, 6.45) is 0. The van der Waals surface area contributed by atoms with E-state index >= 15 is 0 Å². The van der Waals surface area contributed by atoms with Crippen molar-refractivity contribution in [1.29, 1.82) is 0 Å². The van der Waals surface area contributed by atoms with Crippen LogP contribution in [-0.2, 0) is 9.59 Å². The Balaban J connectivity index is 2.34. The molecule has 2 aromatic rings. The van der Waals surface area contributed by atoms with E-state index in [0.717, 1.165) is 0 Å². The summed E-state index contributed by atoms with van der Waals surface area (Å²) in [4.78, 5) is 29.9. The normalized spacial score (nSPS) is 17.3. The van der Waals surface area contributed by atoms with E-state index in [9.17, 15) is 14.7 Å². The van der Waals surface area contributed by atoms with Gasteiger partial charge in [-0.2, -0.15) is 0 Å². The minimum absolute atomic E-state index is 0.0851. The lowest BCUT2D eigenvalue weighted by molar-refractivity contribution is -0.140. The second kappa shape index (κ2) is 10.5. The van der Waals surface area contributed by atoms with Gasteiger partial charge in [0.25, 0.3) is 11.7 Å². The van der Waals surface area contributed by atoms with Crippen molar-refractivity contribution >= 4 is 17.4 Å². The first-order chi connectivity index (χ1) is 16.3. The number of hydrogen-bond acceptors (Lipinski definition) is 8. The first kappa shape index (κ1) is 24.9. The maximum absolute atomic E-state index is 13.3. The Hall–Kier alpha value is -3.72. The van der Waals surface area contributed by atoms with E-state index in [4.69, 9.17) is 18.9 Å². The van der Waals surface area contributed by atoms with Crippen molar-refractivity contribution in [3.05, 3.63) is 53.1 Å². The Morgan fingerprint density at radius 1 is 0.912 bits per heavy atom. The summed E-state index contributed by atoms with van der Waals surface area (Å²) >= 11 is 0. The quantitative estimate of drug-likeness (QED) is 0.339. The molecule has 3 rings (SSSR count). The molecule has 1 amide bonds. The molecule has 1 atom stereocenters. The van der Waals surface area contributed by atoms with Gasteiger partial charge in [0.15, 0.2) is 11.5 Å². The van der Waals surface area contributed by atoms with Crippen LogP contribution in [0, 0.1) is 0 Å². The second-order valence-corrected chi connectivity index (χ2v) is 7.92. The molecule has 0 saturated carbocycles. The van der Waals surface area contributed by atoms with Crippen LogP contribution in [-0.4, -0.2) is 82.2 Å². The molecule has 0 bridgehead atoms. The van der Waals surface area contributed by atoms with Gasteiger partial charge in [-0.3, -0.25) is 9.59 Å². The number of carbonyl (C=O) groups is 2. The fourth-order valence-corrected chi connectivity index (χ4v) is 4.09. The van der Waals surface area contributed by atoms with Gasteiger partial charge in [0.2, 0.25) is 0 Å². The largest absolute Gasteiger partial charge is 0.506 e.